The van der Waals surface area contributed by atoms with Crippen LogP contribution in [-0.2, 0) is 12.6 Å². The van der Waals surface area contributed by atoms with Gasteiger partial charge in [-0.2, -0.15) is 23.3 Å². The molecule has 0 fully saturated rings. The lowest BCUT2D eigenvalue weighted by molar-refractivity contribution is -0.142. The molecular weight excluding hydrogens is 371 g/mol. The van der Waals surface area contributed by atoms with E-state index in [1.165, 1.54) is 0 Å². The fourth-order valence-corrected chi connectivity index (χ4v) is 2.36. The number of hydrogen-bond acceptors (Lipinski definition) is 5. The third-order valence-corrected chi connectivity index (χ3v) is 3.72. The molecule has 26 heavy (non-hydrogen) atoms. The summed E-state index contributed by atoms with van der Waals surface area (Å²) < 4.78 is 46.7. The zero-order valence-electron chi connectivity index (χ0n) is 14.0. The maximum absolute atomic E-state index is 13.6. The van der Waals surface area contributed by atoms with E-state index in [1.54, 1.807) is 37.4 Å². The number of hydrogen-bond donors (Lipinski definition) is 1. The van der Waals surface area contributed by atoms with Crippen molar-refractivity contribution in [2.24, 2.45) is 0 Å². The van der Waals surface area contributed by atoms with Crippen molar-refractivity contribution in [3.8, 4) is 17.1 Å². The monoisotopic (exact) mass is 387 g/mol. The molecule has 3 aromatic rings. The number of nitrogens with zero attached hydrogens (tertiary/aromatic N) is 4. The lowest BCUT2D eigenvalue weighted by Gasteiger charge is -2.11. The predicted octanol–water partition coefficient (Wildman–Crippen LogP) is 3.51. The maximum atomic E-state index is 13.6. The van der Waals surface area contributed by atoms with Crippen molar-refractivity contribution < 1.29 is 17.7 Å². The summed E-state index contributed by atoms with van der Waals surface area (Å²) in [5.41, 5.74) is -0.896. The number of alkyl halides is 3. The second kappa shape index (κ2) is 7.88. The molecule has 0 saturated heterocycles. The van der Waals surface area contributed by atoms with E-state index in [0.717, 1.165) is 10.9 Å². The van der Waals surface area contributed by atoms with Gasteiger partial charge in [0.15, 0.2) is 11.5 Å². The van der Waals surface area contributed by atoms with Crippen molar-refractivity contribution in [2.75, 3.05) is 7.05 Å². The van der Waals surface area contributed by atoms with Crippen LogP contribution >= 0.6 is 12.4 Å². The molecule has 0 spiro atoms. The van der Waals surface area contributed by atoms with E-state index in [4.69, 9.17) is 4.52 Å². The number of halogens is 4. The third kappa shape index (κ3) is 4.05. The third-order valence-electron chi connectivity index (χ3n) is 3.72. The Morgan fingerprint density at radius 1 is 1.23 bits per heavy atom. The fraction of sp³-hybridized carbons (Fsp3) is 0.312. The molecule has 0 aliphatic heterocycles. The summed E-state index contributed by atoms with van der Waals surface area (Å²) in [6, 6.07) is 8.15. The van der Waals surface area contributed by atoms with Crippen LogP contribution < -0.4 is 5.32 Å². The number of nitrogens with one attached hydrogen (secondary N) is 1. The molecule has 0 aliphatic rings. The van der Waals surface area contributed by atoms with Gasteiger partial charge in [0.1, 0.15) is 0 Å². The molecule has 0 amide bonds. The van der Waals surface area contributed by atoms with Crippen molar-refractivity contribution in [1.82, 2.24) is 25.2 Å². The highest BCUT2D eigenvalue weighted by Gasteiger charge is 2.40. The van der Waals surface area contributed by atoms with Crippen LogP contribution in [0.4, 0.5) is 13.2 Å². The van der Waals surface area contributed by atoms with E-state index in [1.807, 2.05) is 6.92 Å². The highest BCUT2D eigenvalue weighted by Crippen LogP contribution is 2.37. The number of likely N-dealkylation sites (N-methyl/N-ethyl adjacent to an activating group) is 1. The van der Waals surface area contributed by atoms with Crippen LogP contribution in [0.1, 0.15) is 18.4 Å². The lowest BCUT2D eigenvalue weighted by Crippen LogP contribution is -2.24. The van der Waals surface area contributed by atoms with E-state index in [2.05, 4.69) is 20.6 Å². The first-order valence-corrected chi connectivity index (χ1v) is 7.61. The van der Waals surface area contributed by atoms with Gasteiger partial charge < -0.3 is 9.84 Å². The van der Waals surface area contributed by atoms with Gasteiger partial charge in [-0.15, -0.1) is 12.4 Å². The van der Waals surface area contributed by atoms with Crippen molar-refractivity contribution in [3.05, 3.63) is 48.0 Å². The molecule has 2 heterocycles. The molecule has 140 valence electrons. The van der Waals surface area contributed by atoms with Crippen LogP contribution in [0.15, 0.2) is 41.1 Å². The summed E-state index contributed by atoms with van der Waals surface area (Å²) in [5, 5.41) is 10.6. The van der Waals surface area contributed by atoms with Crippen LogP contribution in [0.25, 0.3) is 17.1 Å². The molecular formula is C16H17ClF3N5O. The van der Waals surface area contributed by atoms with Crippen LogP contribution in [0.3, 0.4) is 0 Å². The number of para-hydroxylation sites is 1. The summed E-state index contributed by atoms with van der Waals surface area (Å²) in [7, 11) is 1.78. The average Bonchev–Trinajstić information content (AvgIpc) is 3.21. The van der Waals surface area contributed by atoms with Crippen molar-refractivity contribution in [2.45, 2.75) is 25.6 Å². The van der Waals surface area contributed by atoms with E-state index in [9.17, 15) is 13.2 Å². The van der Waals surface area contributed by atoms with Gasteiger partial charge in [-0.05, 0) is 26.1 Å². The minimum Gasteiger partial charge on any atom is -0.334 e. The standard InChI is InChI=1S/C16H16F3N5O.ClH/c1-10(20-2)8-13-22-15(25-23-13)12-9-21-24(14(12)16(17,18)19)11-6-4-3-5-7-11;/h3-7,9-10,20H,8H2,1-2H3;1H. The number of benzene rings is 1. The largest absolute Gasteiger partial charge is 0.434 e. The first-order valence-electron chi connectivity index (χ1n) is 7.61. The summed E-state index contributed by atoms with van der Waals surface area (Å²) in [4.78, 5) is 4.08. The topological polar surface area (TPSA) is 68.8 Å². The molecule has 10 heteroatoms. The van der Waals surface area contributed by atoms with Gasteiger partial charge >= 0.3 is 6.18 Å². The van der Waals surface area contributed by atoms with Crippen molar-refractivity contribution >= 4 is 12.4 Å². The minimum absolute atomic E-state index is 0. The Morgan fingerprint density at radius 2 is 1.92 bits per heavy atom. The Hall–Kier alpha value is -2.39. The van der Waals surface area contributed by atoms with Gasteiger partial charge in [-0.25, -0.2) is 4.68 Å². The van der Waals surface area contributed by atoms with Gasteiger partial charge in [-0.3, -0.25) is 0 Å². The first kappa shape index (κ1) is 19.9. The van der Waals surface area contributed by atoms with Gasteiger partial charge in [0.05, 0.1) is 17.4 Å². The Morgan fingerprint density at radius 3 is 2.54 bits per heavy atom. The van der Waals surface area contributed by atoms with E-state index < -0.39 is 11.9 Å². The molecule has 6 nitrogen and oxygen atoms in total. The molecule has 0 aliphatic carbocycles. The molecule has 1 N–H and O–H groups in total. The molecule has 1 atom stereocenters. The second-order valence-corrected chi connectivity index (χ2v) is 5.56. The highest BCUT2D eigenvalue weighted by molar-refractivity contribution is 5.85. The molecule has 1 unspecified atom stereocenters. The van der Waals surface area contributed by atoms with Crippen LogP contribution in [0, 0.1) is 0 Å². The second-order valence-electron chi connectivity index (χ2n) is 5.56. The average molecular weight is 388 g/mol. The smallest absolute Gasteiger partial charge is 0.334 e. The van der Waals surface area contributed by atoms with Gasteiger partial charge in [-0.1, -0.05) is 23.4 Å². The summed E-state index contributed by atoms with van der Waals surface area (Å²) in [6.07, 6.45) is -3.10. The quantitative estimate of drug-likeness (QED) is 0.725. The zero-order valence-corrected chi connectivity index (χ0v) is 14.8. The van der Waals surface area contributed by atoms with Gasteiger partial charge in [0, 0.05) is 12.5 Å². The van der Waals surface area contributed by atoms with Crippen molar-refractivity contribution in [3.63, 3.8) is 0 Å². The van der Waals surface area contributed by atoms with E-state index >= 15 is 0 Å². The number of rotatable bonds is 5. The molecule has 2 aromatic heterocycles. The molecule has 0 radical (unpaired) electrons. The minimum atomic E-state index is -4.63. The van der Waals surface area contributed by atoms with Gasteiger partial charge in [0.2, 0.25) is 0 Å². The summed E-state index contributed by atoms with van der Waals surface area (Å²) in [6.45, 7) is 1.91. The maximum Gasteiger partial charge on any atom is 0.434 e. The summed E-state index contributed by atoms with van der Waals surface area (Å²) >= 11 is 0. The Kier molecular flexibility index (Phi) is 6.04. The molecule has 1 aromatic carbocycles. The lowest BCUT2D eigenvalue weighted by atomic mass is 10.2. The first-order chi connectivity index (χ1) is 11.9. The van der Waals surface area contributed by atoms with E-state index in [0.29, 0.717) is 17.9 Å². The Labute approximate surface area is 153 Å². The Balaban J connectivity index is 0.00000243. The molecule has 0 saturated carbocycles. The fourth-order valence-electron chi connectivity index (χ4n) is 2.36. The molecule has 0 bridgehead atoms. The molecule has 3 rings (SSSR count). The van der Waals surface area contributed by atoms with Crippen molar-refractivity contribution in [1.29, 1.82) is 0 Å². The van der Waals surface area contributed by atoms with Crippen LogP contribution in [0.5, 0.6) is 0 Å². The van der Waals surface area contributed by atoms with Gasteiger partial charge in [0.25, 0.3) is 5.89 Å². The predicted molar refractivity (Wildman–Crippen MR) is 91.3 cm³/mol. The number of aromatic nitrogens is 4. The van der Waals surface area contributed by atoms with Crippen LogP contribution in [0.2, 0.25) is 0 Å². The normalized spacial score (nSPS) is 12.7. The van der Waals surface area contributed by atoms with E-state index in [-0.39, 0.29) is 29.9 Å². The highest BCUT2D eigenvalue weighted by atomic mass is 35.5. The zero-order chi connectivity index (χ0) is 18.0. The Bertz CT molecular complexity index is 847. The SMILES string of the molecule is CNC(C)Cc1noc(-c2cnn(-c3ccccc3)c2C(F)(F)F)n1.Cl. The van der Waals surface area contributed by atoms with Crippen LogP contribution in [-0.4, -0.2) is 33.0 Å². The summed E-state index contributed by atoms with van der Waals surface area (Å²) in [5.74, 6) is 0.130.